The number of alkyl carbamates (subject to hydrolysis) is 1. The number of fused-ring (bicyclic) bond motifs is 1. The predicted molar refractivity (Wildman–Crippen MR) is 105 cm³/mol. The number of hydrogen-bond acceptors (Lipinski definition) is 4. The maximum absolute atomic E-state index is 13.8. The molecule has 2 aromatic carbocycles. The number of aromatic nitrogens is 2. The van der Waals surface area contributed by atoms with Crippen molar-refractivity contribution in [3.8, 4) is 5.69 Å². The molecule has 1 N–H and O–H groups in total. The zero-order valence-electron chi connectivity index (χ0n) is 16.8. The topological polar surface area (TPSA) is 73.2 Å². The number of nitrogens with zero attached hydrogens (tertiary/aromatic N) is 2. The summed E-state index contributed by atoms with van der Waals surface area (Å²) in [5, 5.41) is 2.47. The molecule has 1 aromatic heterocycles. The fourth-order valence-corrected chi connectivity index (χ4v) is 2.93. The Morgan fingerprint density at radius 3 is 2.30 bits per heavy atom. The van der Waals surface area contributed by atoms with E-state index in [1.54, 1.807) is 20.8 Å². The van der Waals surface area contributed by atoms with Gasteiger partial charge in [-0.05, 0) is 58.0 Å². The van der Waals surface area contributed by atoms with Crippen LogP contribution in [0.25, 0.3) is 16.6 Å². The first-order valence-corrected chi connectivity index (χ1v) is 9.13. The molecule has 0 aliphatic heterocycles. The molecule has 0 saturated carbocycles. The lowest BCUT2D eigenvalue weighted by Crippen LogP contribution is -2.37. The van der Waals surface area contributed by atoms with Gasteiger partial charge in [-0.15, -0.1) is 0 Å². The first kappa shape index (κ1) is 21.4. The van der Waals surface area contributed by atoms with Gasteiger partial charge < -0.3 is 10.1 Å². The van der Waals surface area contributed by atoms with E-state index in [0.29, 0.717) is 6.07 Å². The minimum Gasteiger partial charge on any atom is -0.444 e. The van der Waals surface area contributed by atoms with Gasteiger partial charge in [-0.25, -0.2) is 22.9 Å². The zero-order valence-corrected chi connectivity index (χ0v) is 16.8. The van der Waals surface area contributed by atoms with Crippen LogP contribution in [0.3, 0.4) is 0 Å². The average Bonchev–Trinajstić information content (AvgIpc) is 2.59. The summed E-state index contributed by atoms with van der Waals surface area (Å²) in [6.07, 6.45) is -0.763. The second-order valence-electron chi connectivity index (χ2n) is 7.77. The fourth-order valence-electron chi connectivity index (χ4n) is 2.93. The smallest absolute Gasteiger partial charge is 0.408 e. The molecule has 0 saturated heterocycles. The van der Waals surface area contributed by atoms with E-state index in [4.69, 9.17) is 4.74 Å². The third kappa shape index (κ3) is 4.61. The Balaban J connectivity index is 2.20. The van der Waals surface area contributed by atoms with Gasteiger partial charge in [0, 0.05) is 6.07 Å². The van der Waals surface area contributed by atoms with Gasteiger partial charge in [0.2, 0.25) is 0 Å². The number of amides is 1. The second-order valence-corrected chi connectivity index (χ2v) is 7.77. The summed E-state index contributed by atoms with van der Waals surface area (Å²) in [6, 6.07) is 5.11. The lowest BCUT2D eigenvalue weighted by molar-refractivity contribution is 0.0505. The standard InChI is InChI=1S/C21H20F3N3O3/c1-11(25-20(29)30-21(2,3)4)18-26-17-6-5-12(22)10-16(17)19(28)27(18)15-8-13(23)7-14(24)9-15/h5-11H,1-4H3,(H,25,29)/t11-/m0/s1. The van der Waals surface area contributed by atoms with Gasteiger partial charge in [0.15, 0.2) is 0 Å². The molecule has 0 radical (unpaired) electrons. The van der Waals surface area contributed by atoms with Crippen LogP contribution >= 0.6 is 0 Å². The Morgan fingerprint density at radius 1 is 1.07 bits per heavy atom. The molecule has 1 heterocycles. The summed E-state index contributed by atoms with van der Waals surface area (Å²) in [4.78, 5) is 29.6. The van der Waals surface area contributed by atoms with Crippen LogP contribution < -0.4 is 10.9 Å². The van der Waals surface area contributed by atoms with E-state index in [2.05, 4.69) is 10.3 Å². The summed E-state index contributed by atoms with van der Waals surface area (Å²) >= 11 is 0. The van der Waals surface area contributed by atoms with Crippen molar-refractivity contribution in [3.63, 3.8) is 0 Å². The van der Waals surface area contributed by atoms with E-state index in [1.807, 2.05) is 0 Å². The Morgan fingerprint density at radius 2 is 1.70 bits per heavy atom. The highest BCUT2D eigenvalue weighted by Gasteiger charge is 2.23. The van der Waals surface area contributed by atoms with Gasteiger partial charge >= 0.3 is 6.09 Å². The third-order valence-corrected chi connectivity index (χ3v) is 4.08. The van der Waals surface area contributed by atoms with Crippen LogP contribution in [-0.2, 0) is 4.74 Å². The first-order valence-electron chi connectivity index (χ1n) is 9.13. The predicted octanol–water partition coefficient (Wildman–Crippen LogP) is 4.39. The zero-order chi connectivity index (χ0) is 22.2. The number of benzene rings is 2. The summed E-state index contributed by atoms with van der Waals surface area (Å²) in [6.45, 7) is 6.59. The molecule has 0 aliphatic carbocycles. The van der Waals surface area contributed by atoms with Crippen molar-refractivity contribution in [2.24, 2.45) is 0 Å². The van der Waals surface area contributed by atoms with Crippen LogP contribution in [0.5, 0.6) is 0 Å². The van der Waals surface area contributed by atoms with Crippen molar-refractivity contribution in [1.82, 2.24) is 14.9 Å². The van der Waals surface area contributed by atoms with Gasteiger partial charge in [-0.1, -0.05) is 0 Å². The molecule has 3 aromatic rings. The molecular formula is C21H20F3N3O3. The van der Waals surface area contributed by atoms with Gasteiger partial charge in [0.05, 0.1) is 22.6 Å². The fraction of sp³-hybridized carbons (Fsp3) is 0.286. The molecule has 1 amide bonds. The highest BCUT2D eigenvalue weighted by molar-refractivity contribution is 5.78. The number of halogens is 3. The van der Waals surface area contributed by atoms with E-state index in [9.17, 15) is 22.8 Å². The van der Waals surface area contributed by atoms with Gasteiger partial charge in [-0.2, -0.15) is 0 Å². The van der Waals surface area contributed by atoms with E-state index >= 15 is 0 Å². The number of nitrogens with one attached hydrogen (secondary N) is 1. The minimum absolute atomic E-state index is 0.00466. The maximum Gasteiger partial charge on any atom is 0.408 e. The van der Waals surface area contributed by atoms with Gasteiger partial charge in [0.25, 0.3) is 5.56 Å². The summed E-state index contributed by atoms with van der Waals surface area (Å²) in [5.41, 5.74) is -1.48. The molecule has 0 spiro atoms. The number of rotatable bonds is 3. The van der Waals surface area contributed by atoms with Crippen molar-refractivity contribution in [1.29, 1.82) is 0 Å². The van der Waals surface area contributed by atoms with Crippen LogP contribution in [0.1, 0.15) is 39.6 Å². The second kappa shape index (κ2) is 7.81. The molecule has 0 aliphatic rings. The average molecular weight is 419 g/mol. The Hall–Kier alpha value is -3.36. The van der Waals surface area contributed by atoms with E-state index in [0.717, 1.165) is 28.8 Å². The molecule has 6 nitrogen and oxygen atoms in total. The van der Waals surface area contributed by atoms with Crippen LogP contribution in [-0.4, -0.2) is 21.2 Å². The molecule has 158 valence electrons. The molecule has 0 unspecified atom stereocenters. The Labute approximate surface area is 170 Å². The lowest BCUT2D eigenvalue weighted by atomic mass is 10.2. The summed E-state index contributed by atoms with van der Waals surface area (Å²) < 4.78 is 47.5. The molecule has 0 bridgehead atoms. The third-order valence-electron chi connectivity index (χ3n) is 4.08. The maximum atomic E-state index is 13.8. The van der Waals surface area contributed by atoms with E-state index in [1.165, 1.54) is 13.0 Å². The molecule has 30 heavy (non-hydrogen) atoms. The van der Waals surface area contributed by atoms with Crippen molar-refractivity contribution >= 4 is 17.0 Å². The molecule has 3 rings (SSSR count). The number of carbonyl (C=O) groups is 1. The molecule has 9 heteroatoms. The minimum atomic E-state index is -0.907. The van der Waals surface area contributed by atoms with Crippen molar-refractivity contribution < 1.29 is 22.7 Å². The van der Waals surface area contributed by atoms with Crippen LogP contribution in [0.4, 0.5) is 18.0 Å². The van der Waals surface area contributed by atoms with Gasteiger partial charge in [0.1, 0.15) is 28.9 Å². The van der Waals surface area contributed by atoms with Gasteiger partial charge in [-0.3, -0.25) is 9.36 Å². The lowest BCUT2D eigenvalue weighted by Gasteiger charge is -2.23. The molecular weight excluding hydrogens is 399 g/mol. The van der Waals surface area contributed by atoms with Crippen LogP contribution in [0.15, 0.2) is 41.2 Å². The van der Waals surface area contributed by atoms with Crippen LogP contribution in [0, 0.1) is 17.5 Å². The Kier molecular flexibility index (Phi) is 5.56. The SMILES string of the molecule is C[C@H](NC(=O)OC(C)(C)C)c1nc2ccc(F)cc2c(=O)n1-c1cc(F)cc(F)c1. The largest absolute Gasteiger partial charge is 0.444 e. The monoisotopic (exact) mass is 419 g/mol. The number of carbonyl (C=O) groups excluding carboxylic acids is 1. The molecule has 0 fully saturated rings. The van der Waals surface area contributed by atoms with E-state index < -0.39 is 40.7 Å². The molecule has 1 atom stereocenters. The number of ether oxygens (including phenoxy) is 1. The van der Waals surface area contributed by atoms with Crippen molar-refractivity contribution in [3.05, 3.63) is 70.0 Å². The Bertz CT molecular complexity index is 1170. The number of hydrogen-bond donors (Lipinski definition) is 1. The highest BCUT2D eigenvalue weighted by Crippen LogP contribution is 2.21. The first-order chi connectivity index (χ1) is 13.9. The summed E-state index contributed by atoms with van der Waals surface area (Å²) in [7, 11) is 0. The van der Waals surface area contributed by atoms with Crippen molar-refractivity contribution in [2.75, 3.05) is 0 Å². The van der Waals surface area contributed by atoms with Crippen LogP contribution in [0.2, 0.25) is 0 Å². The highest BCUT2D eigenvalue weighted by atomic mass is 19.1. The quantitative estimate of drug-likeness (QED) is 0.684. The van der Waals surface area contributed by atoms with Crippen molar-refractivity contribution in [2.45, 2.75) is 39.3 Å². The van der Waals surface area contributed by atoms with E-state index in [-0.39, 0.29) is 22.4 Å². The summed E-state index contributed by atoms with van der Waals surface area (Å²) in [5.74, 6) is -2.48. The normalized spacial score (nSPS) is 12.6.